The first-order chi connectivity index (χ1) is 8.97. The molecule has 0 saturated heterocycles. The third-order valence-electron chi connectivity index (χ3n) is 3.13. The summed E-state index contributed by atoms with van der Waals surface area (Å²) in [5, 5.41) is 9.66. The standard InChI is InChI=1S/C16H17FO2/c1-10-4-6-14(8-11(10)2)19-16-7-5-13(17)9-15(16)12(3)18/h4-9,12,18H,1-3H3/t12-/m1/s1. The van der Waals surface area contributed by atoms with Crippen LogP contribution in [0.15, 0.2) is 36.4 Å². The lowest BCUT2D eigenvalue weighted by Gasteiger charge is -2.14. The number of aryl methyl sites for hydroxylation is 2. The largest absolute Gasteiger partial charge is 0.457 e. The zero-order valence-electron chi connectivity index (χ0n) is 11.3. The fourth-order valence-corrected chi connectivity index (χ4v) is 1.84. The van der Waals surface area contributed by atoms with Crippen molar-refractivity contribution in [2.24, 2.45) is 0 Å². The molecule has 2 rings (SSSR count). The molecule has 0 aliphatic rings. The van der Waals surface area contributed by atoms with E-state index in [2.05, 4.69) is 0 Å². The molecule has 2 aromatic rings. The van der Waals surface area contributed by atoms with Gasteiger partial charge in [-0.3, -0.25) is 0 Å². The van der Waals surface area contributed by atoms with Crippen LogP contribution in [-0.4, -0.2) is 5.11 Å². The third kappa shape index (κ3) is 3.12. The molecular weight excluding hydrogens is 243 g/mol. The number of ether oxygens (including phenoxy) is 1. The summed E-state index contributed by atoms with van der Waals surface area (Å²) in [6.07, 6.45) is -0.780. The van der Waals surface area contributed by atoms with Gasteiger partial charge < -0.3 is 9.84 Å². The Labute approximate surface area is 112 Å². The van der Waals surface area contributed by atoms with Crippen LogP contribution < -0.4 is 4.74 Å². The Balaban J connectivity index is 2.35. The SMILES string of the molecule is Cc1ccc(Oc2ccc(F)cc2[C@@H](C)O)cc1C. The van der Waals surface area contributed by atoms with Crippen LogP contribution >= 0.6 is 0 Å². The molecule has 0 unspecified atom stereocenters. The van der Waals surface area contributed by atoms with Crippen molar-refractivity contribution in [3.8, 4) is 11.5 Å². The Morgan fingerprint density at radius 3 is 2.42 bits per heavy atom. The van der Waals surface area contributed by atoms with Gasteiger partial charge in [-0.1, -0.05) is 6.07 Å². The molecule has 2 aromatic carbocycles. The molecule has 3 heteroatoms. The number of aliphatic hydroxyl groups is 1. The average molecular weight is 260 g/mol. The number of halogens is 1. The number of hydrogen-bond acceptors (Lipinski definition) is 2. The molecule has 0 aliphatic heterocycles. The summed E-state index contributed by atoms with van der Waals surface area (Å²) in [7, 11) is 0. The molecule has 0 aromatic heterocycles. The van der Waals surface area contributed by atoms with Gasteiger partial charge in [-0.2, -0.15) is 0 Å². The molecule has 0 amide bonds. The first-order valence-electron chi connectivity index (χ1n) is 6.20. The summed E-state index contributed by atoms with van der Waals surface area (Å²) >= 11 is 0. The molecule has 2 nitrogen and oxygen atoms in total. The molecule has 1 N–H and O–H groups in total. The van der Waals surface area contributed by atoms with Crippen molar-refractivity contribution < 1.29 is 14.2 Å². The lowest BCUT2D eigenvalue weighted by molar-refractivity contribution is 0.195. The highest BCUT2D eigenvalue weighted by atomic mass is 19.1. The van der Waals surface area contributed by atoms with Gasteiger partial charge in [0.15, 0.2) is 0 Å². The van der Waals surface area contributed by atoms with Crippen LogP contribution in [0.2, 0.25) is 0 Å². The van der Waals surface area contributed by atoms with E-state index < -0.39 is 6.10 Å². The van der Waals surface area contributed by atoms with E-state index in [1.165, 1.54) is 23.8 Å². The van der Waals surface area contributed by atoms with Gasteiger partial charge in [0.05, 0.1) is 6.10 Å². The maximum atomic E-state index is 13.2. The Kier molecular flexibility index (Phi) is 3.86. The van der Waals surface area contributed by atoms with Crippen molar-refractivity contribution in [2.45, 2.75) is 26.9 Å². The fourth-order valence-electron chi connectivity index (χ4n) is 1.84. The minimum Gasteiger partial charge on any atom is -0.457 e. The van der Waals surface area contributed by atoms with Crippen LogP contribution in [0.3, 0.4) is 0 Å². The maximum absolute atomic E-state index is 13.2. The van der Waals surface area contributed by atoms with E-state index in [4.69, 9.17) is 4.74 Å². The van der Waals surface area contributed by atoms with Crippen molar-refractivity contribution >= 4 is 0 Å². The van der Waals surface area contributed by atoms with Gasteiger partial charge in [0.25, 0.3) is 0 Å². The van der Waals surface area contributed by atoms with Crippen molar-refractivity contribution in [3.05, 3.63) is 58.9 Å². The summed E-state index contributed by atoms with van der Waals surface area (Å²) in [6, 6.07) is 9.90. The second-order valence-corrected chi connectivity index (χ2v) is 4.71. The number of aliphatic hydroxyl groups excluding tert-OH is 1. The molecule has 0 aliphatic carbocycles. The fraction of sp³-hybridized carbons (Fsp3) is 0.250. The van der Waals surface area contributed by atoms with Crippen molar-refractivity contribution in [1.29, 1.82) is 0 Å². The predicted molar refractivity (Wildman–Crippen MR) is 73.0 cm³/mol. The van der Waals surface area contributed by atoms with Gasteiger partial charge in [-0.25, -0.2) is 4.39 Å². The van der Waals surface area contributed by atoms with Crippen molar-refractivity contribution in [3.63, 3.8) is 0 Å². The summed E-state index contributed by atoms with van der Waals surface area (Å²) in [5.74, 6) is 0.764. The van der Waals surface area contributed by atoms with Gasteiger partial charge in [-0.05, 0) is 62.2 Å². The summed E-state index contributed by atoms with van der Waals surface area (Å²) < 4.78 is 18.9. The Bertz CT molecular complexity index is 591. The van der Waals surface area contributed by atoms with Gasteiger partial charge in [0.1, 0.15) is 17.3 Å². The van der Waals surface area contributed by atoms with Crippen molar-refractivity contribution in [1.82, 2.24) is 0 Å². The minimum atomic E-state index is -0.780. The van der Waals surface area contributed by atoms with Gasteiger partial charge in [0.2, 0.25) is 0 Å². The molecule has 0 fully saturated rings. The van der Waals surface area contributed by atoms with Gasteiger partial charge in [-0.15, -0.1) is 0 Å². The summed E-state index contributed by atoms with van der Waals surface area (Å²) in [5.41, 5.74) is 2.75. The van der Waals surface area contributed by atoms with Gasteiger partial charge >= 0.3 is 0 Å². The quantitative estimate of drug-likeness (QED) is 0.892. The molecule has 19 heavy (non-hydrogen) atoms. The molecule has 0 heterocycles. The third-order valence-corrected chi connectivity index (χ3v) is 3.13. The average Bonchev–Trinajstić information content (AvgIpc) is 2.36. The van der Waals surface area contributed by atoms with E-state index in [9.17, 15) is 9.50 Å². The number of hydrogen-bond donors (Lipinski definition) is 1. The van der Waals surface area contributed by atoms with Crippen LogP contribution in [0.25, 0.3) is 0 Å². The van der Waals surface area contributed by atoms with E-state index in [0.29, 0.717) is 17.1 Å². The van der Waals surface area contributed by atoms with Crippen LogP contribution in [0.5, 0.6) is 11.5 Å². The van der Waals surface area contributed by atoms with E-state index in [1.54, 1.807) is 6.92 Å². The first-order valence-corrected chi connectivity index (χ1v) is 6.20. The Morgan fingerprint density at radius 2 is 1.79 bits per heavy atom. The van der Waals surface area contributed by atoms with Crippen LogP contribution in [0.1, 0.15) is 29.7 Å². The van der Waals surface area contributed by atoms with Crippen LogP contribution in [0, 0.1) is 19.7 Å². The summed E-state index contributed by atoms with van der Waals surface area (Å²) in [6.45, 7) is 5.61. The molecule has 0 saturated carbocycles. The second kappa shape index (κ2) is 5.41. The van der Waals surface area contributed by atoms with Gasteiger partial charge in [0, 0.05) is 5.56 Å². The molecule has 0 radical (unpaired) electrons. The number of benzene rings is 2. The highest BCUT2D eigenvalue weighted by molar-refractivity contribution is 5.41. The Hall–Kier alpha value is -1.87. The van der Waals surface area contributed by atoms with Crippen LogP contribution in [0.4, 0.5) is 4.39 Å². The zero-order chi connectivity index (χ0) is 14.0. The molecular formula is C16H17FO2. The maximum Gasteiger partial charge on any atom is 0.133 e. The van der Waals surface area contributed by atoms with E-state index >= 15 is 0 Å². The van der Waals surface area contributed by atoms with E-state index in [-0.39, 0.29) is 5.82 Å². The highest BCUT2D eigenvalue weighted by Crippen LogP contribution is 2.31. The summed E-state index contributed by atoms with van der Waals surface area (Å²) in [4.78, 5) is 0. The highest BCUT2D eigenvalue weighted by Gasteiger charge is 2.11. The van der Waals surface area contributed by atoms with Crippen molar-refractivity contribution in [2.75, 3.05) is 0 Å². The molecule has 100 valence electrons. The smallest absolute Gasteiger partial charge is 0.133 e. The monoisotopic (exact) mass is 260 g/mol. The predicted octanol–water partition coefficient (Wildman–Crippen LogP) is 4.29. The topological polar surface area (TPSA) is 29.5 Å². The lowest BCUT2D eigenvalue weighted by Crippen LogP contribution is -1.97. The Morgan fingerprint density at radius 1 is 1.05 bits per heavy atom. The normalized spacial score (nSPS) is 12.3. The number of rotatable bonds is 3. The molecule has 0 bridgehead atoms. The van der Waals surface area contributed by atoms with Crippen LogP contribution in [-0.2, 0) is 0 Å². The first kappa shape index (κ1) is 13.6. The molecule has 0 spiro atoms. The lowest BCUT2D eigenvalue weighted by atomic mass is 10.1. The van der Waals surface area contributed by atoms with E-state index in [1.807, 2.05) is 32.0 Å². The molecule has 1 atom stereocenters. The second-order valence-electron chi connectivity index (χ2n) is 4.71. The minimum absolute atomic E-state index is 0.386. The zero-order valence-corrected chi connectivity index (χ0v) is 11.3. The van der Waals surface area contributed by atoms with E-state index in [0.717, 1.165) is 5.56 Å².